The molecule has 0 bridgehead atoms. The molecule has 1 aromatic carbocycles. The molecule has 0 aliphatic heterocycles. The van der Waals surface area contributed by atoms with Gasteiger partial charge in [-0.3, -0.25) is 4.99 Å². The Morgan fingerprint density at radius 1 is 1.25 bits per heavy atom. The first-order valence-electron chi connectivity index (χ1n) is 5.69. The van der Waals surface area contributed by atoms with Crippen molar-refractivity contribution in [1.29, 1.82) is 0 Å². The number of phenolic OH excluding ortho intramolecular Hbond substituents is 1. The van der Waals surface area contributed by atoms with Crippen molar-refractivity contribution in [3.05, 3.63) is 29.8 Å². The summed E-state index contributed by atoms with van der Waals surface area (Å²) in [6.45, 7) is 3.59. The van der Waals surface area contributed by atoms with E-state index in [2.05, 4.69) is 4.99 Å². The number of hydrogen-bond donors (Lipinski definition) is 3. The molecule has 111 valence electrons. The third-order valence-electron chi connectivity index (χ3n) is 2.20. The van der Waals surface area contributed by atoms with Gasteiger partial charge in [0.15, 0.2) is 0 Å². The van der Waals surface area contributed by atoms with Gasteiger partial charge in [0, 0.05) is 18.9 Å². The molecule has 0 aromatic heterocycles. The predicted molar refractivity (Wildman–Crippen MR) is 70.8 cm³/mol. The van der Waals surface area contributed by atoms with Gasteiger partial charge in [-0.05, 0) is 18.1 Å². The number of phenols is 1. The van der Waals surface area contributed by atoms with E-state index in [1.807, 2.05) is 0 Å². The number of hydrogen-bond acceptors (Lipinski definition) is 5. The van der Waals surface area contributed by atoms with Gasteiger partial charge in [-0.25, -0.2) is 4.79 Å². The second kappa shape index (κ2) is 12.5. The Labute approximate surface area is 127 Å². The van der Waals surface area contributed by atoms with Crippen molar-refractivity contribution in [3.8, 4) is 5.75 Å². The Bertz CT molecular complexity index is 423. The van der Waals surface area contributed by atoms with E-state index < -0.39 is 12.0 Å². The summed E-state index contributed by atoms with van der Waals surface area (Å²) < 4.78 is 8.19. The van der Waals surface area contributed by atoms with Gasteiger partial charge in [0.1, 0.15) is 11.8 Å². The van der Waals surface area contributed by atoms with E-state index in [0.717, 1.165) is 24.5 Å². The number of rotatable bonds is 4. The molecular formula is C13H19NO5V. The second-order valence-corrected chi connectivity index (χ2v) is 3.86. The molecule has 0 amide bonds. The number of carbonyl (C=O) groups is 1. The summed E-state index contributed by atoms with van der Waals surface area (Å²) in [5, 5.41) is 25.4. The fraction of sp³-hybridized carbons (Fsp3) is 0.385. The average Bonchev–Trinajstić information content (AvgIpc) is 2.44. The van der Waals surface area contributed by atoms with E-state index in [1.54, 1.807) is 32.0 Å². The molecule has 0 saturated carbocycles. The quantitative estimate of drug-likeness (QED) is 0.727. The van der Waals surface area contributed by atoms with Gasteiger partial charge >= 0.3 is 27.0 Å². The molecule has 20 heavy (non-hydrogen) atoms. The van der Waals surface area contributed by atoms with Crippen LogP contribution in [0, 0.1) is 5.92 Å². The van der Waals surface area contributed by atoms with Crippen molar-refractivity contribution >= 4 is 12.2 Å². The maximum absolute atomic E-state index is 10.9. The molecule has 0 radical (unpaired) electrons. The molecule has 7 heteroatoms. The van der Waals surface area contributed by atoms with Crippen LogP contribution in [0.15, 0.2) is 29.3 Å². The van der Waals surface area contributed by atoms with E-state index in [0.29, 0.717) is 5.56 Å². The summed E-state index contributed by atoms with van der Waals surface area (Å²) in [5.41, 5.74) is 0.523. The zero-order chi connectivity index (χ0) is 16.1. The van der Waals surface area contributed by atoms with Crippen LogP contribution in [0.25, 0.3) is 0 Å². The number of para-hydroxylation sites is 1. The monoisotopic (exact) mass is 320 g/mol. The van der Waals surface area contributed by atoms with Crippen LogP contribution in [0.4, 0.5) is 0 Å². The summed E-state index contributed by atoms with van der Waals surface area (Å²) in [5.74, 6) is -0.944. The molecule has 0 aliphatic carbocycles. The van der Waals surface area contributed by atoms with Crippen molar-refractivity contribution in [1.82, 2.24) is 0 Å². The number of carboxylic acid groups (broad SMARTS) is 1. The van der Waals surface area contributed by atoms with Crippen molar-refractivity contribution < 1.29 is 41.2 Å². The van der Waals surface area contributed by atoms with Crippen LogP contribution in [0.2, 0.25) is 0 Å². The molecule has 6 nitrogen and oxygen atoms in total. The van der Waals surface area contributed by atoms with Crippen LogP contribution in [0.1, 0.15) is 19.4 Å². The third-order valence-corrected chi connectivity index (χ3v) is 2.20. The Balaban J connectivity index is 0. The van der Waals surface area contributed by atoms with E-state index >= 15 is 0 Å². The van der Waals surface area contributed by atoms with Crippen molar-refractivity contribution in [3.63, 3.8) is 0 Å². The minimum absolute atomic E-state index is 0.0837. The molecule has 3 N–H and O–H groups in total. The number of aliphatic carboxylic acids is 1. The Kier molecular flexibility index (Phi) is 13.0. The summed E-state index contributed by atoms with van der Waals surface area (Å²) in [6, 6.07) is 5.89. The second-order valence-electron chi connectivity index (χ2n) is 3.86. The summed E-state index contributed by atoms with van der Waals surface area (Å²) in [7, 11) is 1.00. The van der Waals surface area contributed by atoms with Gasteiger partial charge in [0.25, 0.3) is 0 Å². The maximum atomic E-state index is 10.9. The summed E-state index contributed by atoms with van der Waals surface area (Å²) >= 11 is 1.06. The number of aliphatic hydroxyl groups is 1. The van der Waals surface area contributed by atoms with Gasteiger partial charge < -0.3 is 15.3 Å². The SMILES string of the molecule is CC(C)[C@H](N=Cc1ccccc1O)C(=O)O.CO.[O]=[V]. The van der Waals surface area contributed by atoms with Crippen LogP contribution in [0.5, 0.6) is 5.75 Å². The summed E-state index contributed by atoms with van der Waals surface area (Å²) in [6.07, 6.45) is 1.40. The van der Waals surface area contributed by atoms with Crippen molar-refractivity contribution in [2.45, 2.75) is 19.9 Å². The van der Waals surface area contributed by atoms with Crippen LogP contribution >= 0.6 is 0 Å². The van der Waals surface area contributed by atoms with Crippen LogP contribution in [-0.2, 0) is 25.8 Å². The van der Waals surface area contributed by atoms with Gasteiger partial charge in [0.2, 0.25) is 0 Å². The molecule has 1 rings (SSSR count). The standard InChI is InChI=1S/C12H15NO3.CH4O.O.V/c1-8(2)11(12(15)16)13-7-9-5-3-4-6-10(9)14;1-2;;/h3-8,11,14H,1-2H3,(H,15,16);2H,1H3;;/t11-;;;/m0.../s1. The molecule has 0 aliphatic rings. The van der Waals surface area contributed by atoms with Crippen molar-refractivity contribution in [2.75, 3.05) is 7.11 Å². The number of aliphatic imine (C=N–C) groups is 1. The van der Waals surface area contributed by atoms with Crippen LogP contribution in [-0.4, -0.2) is 40.7 Å². The average molecular weight is 320 g/mol. The first kappa shape index (κ1) is 20.8. The number of nitrogens with zero attached hydrogens (tertiary/aromatic N) is 1. The van der Waals surface area contributed by atoms with E-state index in [-0.39, 0.29) is 11.7 Å². The Morgan fingerprint density at radius 2 is 1.75 bits per heavy atom. The number of benzene rings is 1. The Morgan fingerprint density at radius 3 is 2.15 bits per heavy atom. The Hall–Kier alpha value is -1.50. The van der Waals surface area contributed by atoms with E-state index in [9.17, 15) is 9.90 Å². The molecule has 1 atom stereocenters. The van der Waals surface area contributed by atoms with E-state index in [1.165, 1.54) is 12.3 Å². The van der Waals surface area contributed by atoms with Gasteiger partial charge in [-0.2, -0.15) is 0 Å². The molecular weight excluding hydrogens is 301 g/mol. The van der Waals surface area contributed by atoms with E-state index in [4.69, 9.17) is 13.9 Å². The minimum atomic E-state index is -0.957. The molecule has 1 aromatic rings. The number of aromatic hydroxyl groups is 1. The fourth-order valence-corrected chi connectivity index (χ4v) is 1.28. The number of aliphatic hydroxyl groups excluding tert-OH is 1. The predicted octanol–water partition coefficient (Wildman–Crippen LogP) is 1.41. The third kappa shape index (κ3) is 7.83. The molecule has 0 spiro atoms. The zero-order valence-electron chi connectivity index (χ0n) is 11.6. The summed E-state index contributed by atoms with van der Waals surface area (Å²) in [4.78, 5) is 14.8. The molecule has 0 fully saturated rings. The fourth-order valence-electron chi connectivity index (χ4n) is 1.28. The van der Waals surface area contributed by atoms with Gasteiger partial charge in [-0.1, -0.05) is 26.0 Å². The first-order valence-corrected chi connectivity index (χ1v) is 6.26. The van der Waals surface area contributed by atoms with Gasteiger partial charge in [-0.15, -0.1) is 0 Å². The first-order chi connectivity index (χ1) is 9.52. The number of carboxylic acids is 1. The van der Waals surface area contributed by atoms with Crippen molar-refractivity contribution in [2.24, 2.45) is 10.9 Å². The topological polar surface area (TPSA) is 107 Å². The zero-order valence-corrected chi connectivity index (χ0v) is 13.0. The van der Waals surface area contributed by atoms with Crippen LogP contribution in [0.3, 0.4) is 0 Å². The van der Waals surface area contributed by atoms with Gasteiger partial charge in [0.05, 0.1) is 0 Å². The molecule has 0 heterocycles. The molecule has 0 saturated heterocycles. The molecule has 0 unspecified atom stereocenters. The van der Waals surface area contributed by atoms with Crippen LogP contribution < -0.4 is 0 Å². The normalized spacial score (nSPS) is 11.0.